The van der Waals surface area contributed by atoms with Crippen LogP contribution in [-0.2, 0) is 9.47 Å². The summed E-state index contributed by atoms with van der Waals surface area (Å²) >= 11 is 0. The van der Waals surface area contributed by atoms with E-state index in [0.717, 1.165) is 6.54 Å². The van der Waals surface area contributed by atoms with E-state index in [2.05, 4.69) is 39.5 Å². The van der Waals surface area contributed by atoms with Gasteiger partial charge in [0, 0.05) is 24.6 Å². The molecule has 1 aliphatic rings. The van der Waals surface area contributed by atoms with E-state index >= 15 is 0 Å². The molecule has 0 bridgehead atoms. The van der Waals surface area contributed by atoms with E-state index in [1.54, 1.807) is 7.11 Å². The van der Waals surface area contributed by atoms with Crippen LogP contribution in [0.15, 0.2) is 0 Å². The van der Waals surface area contributed by atoms with Gasteiger partial charge in [-0.2, -0.15) is 0 Å². The second-order valence-corrected chi connectivity index (χ2v) is 5.72. The summed E-state index contributed by atoms with van der Waals surface area (Å²) in [6.07, 6.45) is -0.0823. The number of nitrogens with zero attached hydrogens (tertiary/aromatic N) is 1. The van der Waals surface area contributed by atoms with Gasteiger partial charge in [0.05, 0.1) is 0 Å². The van der Waals surface area contributed by atoms with Crippen molar-refractivity contribution in [1.82, 2.24) is 4.90 Å². The molecular formula is C11H23NO2. The maximum absolute atomic E-state index is 5.69. The van der Waals surface area contributed by atoms with Crippen LogP contribution in [0.4, 0.5) is 0 Å². The molecule has 1 atom stereocenters. The topological polar surface area (TPSA) is 21.7 Å². The molecule has 0 aliphatic carbocycles. The Bertz CT molecular complexity index is 196. The Labute approximate surface area is 87.4 Å². The van der Waals surface area contributed by atoms with Crippen LogP contribution in [-0.4, -0.2) is 37.1 Å². The smallest absolute Gasteiger partial charge is 0.165 e. The van der Waals surface area contributed by atoms with E-state index < -0.39 is 0 Å². The summed E-state index contributed by atoms with van der Waals surface area (Å²) < 4.78 is 11.0. The average molecular weight is 201 g/mol. The van der Waals surface area contributed by atoms with E-state index in [9.17, 15) is 0 Å². The average Bonchev–Trinajstić information content (AvgIpc) is 2.00. The van der Waals surface area contributed by atoms with Crippen LogP contribution in [0.2, 0.25) is 0 Å². The second kappa shape index (κ2) is 3.80. The minimum Gasteiger partial charge on any atom is -0.355 e. The molecule has 3 nitrogen and oxygen atoms in total. The number of methoxy groups -OCH3 is 1. The zero-order chi connectivity index (χ0) is 11.0. The predicted molar refractivity (Wildman–Crippen MR) is 57.0 cm³/mol. The van der Waals surface area contributed by atoms with E-state index in [4.69, 9.17) is 9.47 Å². The van der Waals surface area contributed by atoms with Crippen molar-refractivity contribution in [2.24, 2.45) is 5.41 Å². The third-order valence-corrected chi connectivity index (χ3v) is 2.78. The van der Waals surface area contributed by atoms with Gasteiger partial charge in [0.25, 0.3) is 0 Å². The maximum atomic E-state index is 5.69. The molecule has 0 spiro atoms. The summed E-state index contributed by atoms with van der Waals surface area (Å²) in [6.45, 7) is 12.7. The molecule has 1 unspecified atom stereocenters. The molecule has 0 aromatic carbocycles. The highest BCUT2D eigenvalue weighted by molar-refractivity contribution is 4.86. The monoisotopic (exact) mass is 201 g/mol. The highest BCUT2D eigenvalue weighted by Crippen LogP contribution is 2.32. The molecule has 0 saturated carbocycles. The van der Waals surface area contributed by atoms with Gasteiger partial charge in [-0.15, -0.1) is 0 Å². The summed E-state index contributed by atoms with van der Waals surface area (Å²) in [5.41, 5.74) is 0.219. The Morgan fingerprint density at radius 3 is 2.29 bits per heavy atom. The summed E-state index contributed by atoms with van der Waals surface area (Å²) in [7, 11) is 1.71. The van der Waals surface area contributed by atoms with Gasteiger partial charge in [-0.1, -0.05) is 13.8 Å². The third-order valence-electron chi connectivity index (χ3n) is 2.78. The number of rotatable bonds is 1. The first-order chi connectivity index (χ1) is 6.27. The first-order valence-electron chi connectivity index (χ1n) is 5.17. The quantitative estimate of drug-likeness (QED) is 0.648. The molecular weight excluding hydrogens is 178 g/mol. The van der Waals surface area contributed by atoms with Gasteiger partial charge >= 0.3 is 0 Å². The molecule has 14 heavy (non-hydrogen) atoms. The zero-order valence-corrected chi connectivity index (χ0v) is 10.3. The van der Waals surface area contributed by atoms with Crippen LogP contribution in [0.1, 0.15) is 34.6 Å². The highest BCUT2D eigenvalue weighted by atomic mass is 16.7. The predicted octanol–water partition coefficient (Wildman–Crippen LogP) is 2.07. The molecule has 1 heterocycles. The van der Waals surface area contributed by atoms with Crippen molar-refractivity contribution in [2.45, 2.75) is 46.4 Å². The van der Waals surface area contributed by atoms with Crippen molar-refractivity contribution >= 4 is 0 Å². The molecule has 1 rings (SSSR count). The van der Waals surface area contributed by atoms with Gasteiger partial charge in [0.15, 0.2) is 6.29 Å². The molecule has 0 radical (unpaired) electrons. The van der Waals surface area contributed by atoms with Crippen LogP contribution in [0.25, 0.3) is 0 Å². The summed E-state index contributed by atoms with van der Waals surface area (Å²) in [5, 5.41) is 0. The van der Waals surface area contributed by atoms with Gasteiger partial charge in [0.2, 0.25) is 0 Å². The molecule has 1 fully saturated rings. The van der Waals surface area contributed by atoms with Crippen molar-refractivity contribution in [1.29, 1.82) is 0 Å². The molecule has 84 valence electrons. The van der Waals surface area contributed by atoms with Gasteiger partial charge in [0.1, 0.15) is 6.73 Å². The van der Waals surface area contributed by atoms with Crippen molar-refractivity contribution in [2.75, 3.05) is 20.4 Å². The lowest BCUT2D eigenvalue weighted by molar-refractivity contribution is -0.255. The highest BCUT2D eigenvalue weighted by Gasteiger charge is 2.40. The van der Waals surface area contributed by atoms with Crippen LogP contribution < -0.4 is 0 Å². The van der Waals surface area contributed by atoms with Crippen molar-refractivity contribution in [3.8, 4) is 0 Å². The normalized spacial score (nSPS) is 29.1. The summed E-state index contributed by atoms with van der Waals surface area (Å²) in [4.78, 5) is 2.34. The van der Waals surface area contributed by atoms with Gasteiger partial charge in [-0.05, 0) is 20.8 Å². The van der Waals surface area contributed by atoms with Crippen molar-refractivity contribution in [3.63, 3.8) is 0 Å². The molecule has 3 heteroatoms. The Hall–Kier alpha value is -0.120. The van der Waals surface area contributed by atoms with Crippen LogP contribution in [0.5, 0.6) is 0 Å². The Morgan fingerprint density at radius 1 is 1.36 bits per heavy atom. The van der Waals surface area contributed by atoms with Crippen molar-refractivity contribution in [3.05, 3.63) is 0 Å². The van der Waals surface area contributed by atoms with Crippen molar-refractivity contribution < 1.29 is 9.47 Å². The maximum Gasteiger partial charge on any atom is 0.165 e. The fourth-order valence-electron chi connectivity index (χ4n) is 1.81. The summed E-state index contributed by atoms with van der Waals surface area (Å²) in [5.74, 6) is 0. The molecule has 0 aromatic heterocycles. The number of hydrogen-bond acceptors (Lipinski definition) is 3. The Kier molecular flexibility index (Phi) is 3.24. The van der Waals surface area contributed by atoms with Crippen LogP contribution >= 0.6 is 0 Å². The van der Waals surface area contributed by atoms with E-state index in [1.807, 2.05) is 0 Å². The van der Waals surface area contributed by atoms with E-state index in [-0.39, 0.29) is 17.2 Å². The van der Waals surface area contributed by atoms with Gasteiger partial charge in [-0.25, -0.2) is 0 Å². The van der Waals surface area contributed by atoms with Gasteiger partial charge < -0.3 is 9.47 Å². The minimum absolute atomic E-state index is 0.0558. The lowest BCUT2D eigenvalue weighted by atomic mass is 9.89. The molecule has 1 saturated heterocycles. The first-order valence-corrected chi connectivity index (χ1v) is 5.17. The van der Waals surface area contributed by atoms with Crippen LogP contribution in [0.3, 0.4) is 0 Å². The minimum atomic E-state index is -0.0823. The fraction of sp³-hybridized carbons (Fsp3) is 1.00. The first kappa shape index (κ1) is 12.0. The largest absolute Gasteiger partial charge is 0.355 e. The molecule has 0 amide bonds. The summed E-state index contributed by atoms with van der Waals surface area (Å²) in [6, 6.07) is 0. The molecule has 0 N–H and O–H groups in total. The number of hydrogen-bond donors (Lipinski definition) is 0. The second-order valence-electron chi connectivity index (χ2n) is 5.72. The zero-order valence-electron chi connectivity index (χ0n) is 10.3. The Morgan fingerprint density at radius 2 is 1.93 bits per heavy atom. The molecule has 1 aliphatic heterocycles. The van der Waals surface area contributed by atoms with E-state index in [1.165, 1.54) is 0 Å². The molecule has 0 aromatic rings. The standard InChI is InChI=1S/C11H23NO2/c1-10(2,3)12-7-11(4,5)9(13-6)14-8-12/h9H,7-8H2,1-6H3. The van der Waals surface area contributed by atoms with E-state index in [0.29, 0.717) is 6.73 Å². The lowest BCUT2D eigenvalue weighted by Gasteiger charge is -2.48. The van der Waals surface area contributed by atoms with Gasteiger partial charge in [-0.3, -0.25) is 4.90 Å². The fourth-order valence-corrected chi connectivity index (χ4v) is 1.81. The Balaban J connectivity index is 2.67. The van der Waals surface area contributed by atoms with Crippen LogP contribution in [0, 0.1) is 5.41 Å². The lowest BCUT2D eigenvalue weighted by Crippen LogP contribution is -2.56. The number of ether oxygens (including phenoxy) is 2. The SMILES string of the molecule is COC1OCN(C(C)(C)C)CC1(C)C. The third kappa shape index (κ3) is 2.47.